The lowest BCUT2D eigenvalue weighted by Crippen LogP contribution is -1.97. The molecule has 0 unspecified atom stereocenters. The van der Waals surface area contributed by atoms with Crippen molar-refractivity contribution in [3.63, 3.8) is 0 Å². The van der Waals surface area contributed by atoms with Gasteiger partial charge in [-0.05, 0) is 30.3 Å². The van der Waals surface area contributed by atoms with Crippen LogP contribution in [0, 0.1) is 0 Å². The fourth-order valence-corrected chi connectivity index (χ4v) is 4.56. The van der Waals surface area contributed by atoms with Crippen LogP contribution < -0.4 is 0 Å². The molecule has 4 heterocycles. The highest BCUT2D eigenvalue weighted by Gasteiger charge is 2.14. The van der Waals surface area contributed by atoms with Crippen molar-refractivity contribution in [2.45, 2.75) is 0 Å². The fourth-order valence-electron chi connectivity index (χ4n) is 4.56. The molecule has 0 atom stereocenters. The van der Waals surface area contributed by atoms with Crippen LogP contribution in [0.1, 0.15) is 0 Å². The van der Waals surface area contributed by atoms with Gasteiger partial charge in [-0.1, -0.05) is 78.9 Å². The van der Waals surface area contributed by atoms with E-state index in [0.717, 1.165) is 61.0 Å². The van der Waals surface area contributed by atoms with Gasteiger partial charge >= 0.3 is 0 Å². The second-order valence-corrected chi connectivity index (χ2v) is 8.60. The molecule has 5 nitrogen and oxygen atoms in total. The summed E-state index contributed by atoms with van der Waals surface area (Å²) in [5.41, 5.74) is 6.77. The Morgan fingerprint density at radius 3 is 2.11 bits per heavy atom. The number of para-hydroxylation sites is 1. The van der Waals surface area contributed by atoms with Crippen molar-refractivity contribution >= 4 is 32.7 Å². The zero-order valence-corrected chi connectivity index (χ0v) is 19.2. The third-order valence-corrected chi connectivity index (χ3v) is 6.32. The van der Waals surface area contributed by atoms with Gasteiger partial charge in [0.25, 0.3) is 0 Å². The van der Waals surface area contributed by atoms with Crippen molar-refractivity contribution in [1.29, 1.82) is 0 Å². The first-order chi connectivity index (χ1) is 17.8. The quantitative estimate of drug-likeness (QED) is 0.262. The van der Waals surface area contributed by atoms with Gasteiger partial charge in [0.1, 0.15) is 5.69 Å². The van der Waals surface area contributed by atoms with Crippen LogP contribution in [0.15, 0.2) is 115 Å². The minimum Gasteiger partial charge on any atom is -0.254 e. The lowest BCUT2D eigenvalue weighted by molar-refractivity contribution is 1.20. The molecule has 0 N–H and O–H groups in total. The number of aromatic nitrogens is 5. The SMILES string of the molecule is c1ccc(-c2nc(-c3cccc(-c4ccc5ccc6cccnc6c5n4)n3)c3ccccc3n2)cc1. The summed E-state index contributed by atoms with van der Waals surface area (Å²) < 4.78 is 0. The largest absolute Gasteiger partial charge is 0.254 e. The van der Waals surface area contributed by atoms with Crippen LogP contribution in [0.5, 0.6) is 0 Å². The molecule has 0 aliphatic carbocycles. The molecule has 0 bridgehead atoms. The molecule has 0 radical (unpaired) electrons. The van der Waals surface area contributed by atoms with E-state index in [2.05, 4.69) is 29.2 Å². The number of rotatable bonds is 3. The molecular formula is C31H19N5. The molecular weight excluding hydrogens is 442 g/mol. The molecule has 7 rings (SSSR count). The van der Waals surface area contributed by atoms with Crippen molar-refractivity contribution in [1.82, 2.24) is 24.9 Å². The van der Waals surface area contributed by atoms with E-state index in [9.17, 15) is 0 Å². The summed E-state index contributed by atoms with van der Waals surface area (Å²) in [6.45, 7) is 0. The van der Waals surface area contributed by atoms with Gasteiger partial charge < -0.3 is 0 Å². The van der Waals surface area contributed by atoms with Gasteiger partial charge in [-0.2, -0.15) is 0 Å². The lowest BCUT2D eigenvalue weighted by atomic mass is 10.1. The van der Waals surface area contributed by atoms with Gasteiger partial charge in [-0.15, -0.1) is 0 Å². The summed E-state index contributed by atoms with van der Waals surface area (Å²) in [5, 5.41) is 3.08. The first-order valence-electron chi connectivity index (χ1n) is 11.8. The van der Waals surface area contributed by atoms with E-state index in [1.165, 1.54) is 0 Å². The highest BCUT2D eigenvalue weighted by Crippen LogP contribution is 2.30. The Balaban J connectivity index is 1.41. The van der Waals surface area contributed by atoms with Crippen LogP contribution in [-0.4, -0.2) is 24.9 Å². The molecule has 0 fully saturated rings. The number of pyridine rings is 3. The second-order valence-electron chi connectivity index (χ2n) is 8.60. The van der Waals surface area contributed by atoms with Crippen molar-refractivity contribution in [3.05, 3.63) is 115 Å². The fraction of sp³-hybridized carbons (Fsp3) is 0. The molecule has 0 spiro atoms. The van der Waals surface area contributed by atoms with Crippen molar-refractivity contribution in [2.24, 2.45) is 0 Å². The van der Waals surface area contributed by atoms with Crippen LogP contribution in [0.3, 0.4) is 0 Å². The van der Waals surface area contributed by atoms with E-state index in [-0.39, 0.29) is 0 Å². The summed E-state index contributed by atoms with van der Waals surface area (Å²) in [6, 6.07) is 36.3. The maximum Gasteiger partial charge on any atom is 0.160 e. The molecule has 0 saturated heterocycles. The third-order valence-electron chi connectivity index (χ3n) is 6.32. The van der Waals surface area contributed by atoms with Gasteiger partial charge in [0.15, 0.2) is 5.82 Å². The van der Waals surface area contributed by atoms with Gasteiger partial charge in [-0.25, -0.2) is 19.9 Å². The van der Waals surface area contributed by atoms with Gasteiger partial charge in [0, 0.05) is 27.9 Å². The average molecular weight is 462 g/mol. The van der Waals surface area contributed by atoms with Crippen LogP contribution in [-0.2, 0) is 0 Å². The van der Waals surface area contributed by atoms with E-state index in [1.54, 1.807) is 6.20 Å². The highest BCUT2D eigenvalue weighted by molar-refractivity contribution is 6.03. The first kappa shape index (κ1) is 20.4. The summed E-state index contributed by atoms with van der Waals surface area (Å²) in [7, 11) is 0. The topological polar surface area (TPSA) is 64.5 Å². The Bertz CT molecular complexity index is 1900. The molecule has 4 aromatic heterocycles. The predicted molar refractivity (Wildman–Crippen MR) is 144 cm³/mol. The molecule has 5 heteroatoms. The van der Waals surface area contributed by atoms with E-state index < -0.39 is 0 Å². The Kier molecular flexibility index (Phi) is 4.71. The zero-order valence-electron chi connectivity index (χ0n) is 19.2. The van der Waals surface area contributed by atoms with Crippen molar-refractivity contribution < 1.29 is 0 Å². The Labute approximate surface area is 207 Å². The molecule has 168 valence electrons. The summed E-state index contributed by atoms with van der Waals surface area (Å²) >= 11 is 0. The monoisotopic (exact) mass is 461 g/mol. The van der Waals surface area contributed by atoms with Gasteiger partial charge in [0.05, 0.1) is 33.6 Å². The van der Waals surface area contributed by atoms with E-state index >= 15 is 0 Å². The normalized spacial score (nSPS) is 11.3. The summed E-state index contributed by atoms with van der Waals surface area (Å²) in [6.07, 6.45) is 1.81. The summed E-state index contributed by atoms with van der Waals surface area (Å²) in [4.78, 5) is 24.4. The Morgan fingerprint density at radius 1 is 0.444 bits per heavy atom. The molecule has 0 amide bonds. The predicted octanol–water partition coefficient (Wildman–Crippen LogP) is 7.12. The molecule has 0 aliphatic heterocycles. The van der Waals surface area contributed by atoms with Gasteiger partial charge in [0.2, 0.25) is 0 Å². The number of hydrogen-bond acceptors (Lipinski definition) is 5. The third kappa shape index (κ3) is 3.46. The molecule has 3 aromatic carbocycles. The number of hydrogen-bond donors (Lipinski definition) is 0. The standard InChI is InChI=1S/C31H19N5/c1-2-8-22(9-3-1)31-35-24-12-5-4-11-23(24)30(36-31)27-14-6-13-25(33-27)26-18-17-21-16-15-20-10-7-19-32-28(20)29(21)34-26/h1-19H. The second kappa shape index (κ2) is 8.32. The molecule has 7 aromatic rings. The minimum atomic E-state index is 0.679. The van der Waals surface area contributed by atoms with E-state index in [0.29, 0.717) is 5.82 Å². The van der Waals surface area contributed by atoms with Crippen LogP contribution >= 0.6 is 0 Å². The minimum absolute atomic E-state index is 0.679. The van der Waals surface area contributed by atoms with E-state index in [4.69, 9.17) is 19.9 Å². The molecule has 36 heavy (non-hydrogen) atoms. The Hall–Kier alpha value is -5.03. The number of benzene rings is 3. The summed E-state index contributed by atoms with van der Waals surface area (Å²) in [5.74, 6) is 0.679. The first-order valence-corrected chi connectivity index (χ1v) is 11.8. The molecule has 0 saturated carbocycles. The van der Waals surface area contributed by atoms with Crippen LogP contribution in [0.25, 0.3) is 66.9 Å². The number of fused-ring (bicyclic) bond motifs is 4. The van der Waals surface area contributed by atoms with Gasteiger partial charge in [-0.3, -0.25) is 4.98 Å². The van der Waals surface area contributed by atoms with Crippen LogP contribution in [0.4, 0.5) is 0 Å². The molecule has 0 aliphatic rings. The number of nitrogens with zero attached hydrogens (tertiary/aromatic N) is 5. The highest BCUT2D eigenvalue weighted by atomic mass is 14.9. The van der Waals surface area contributed by atoms with E-state index in [1.807, 2.05) is 84.9 Å². The smallest absolute Gasteiger partial charge is 0.160 e. The lowest BCUT2D eigenvalue weighted by Gasteiger charge is -2.10. The Morgan fingerprint density at radius 2 is 1.19 bits per heavy atom. The van der Waals surface area contributed by atoms with Crippen LogP contribution in [0.2, 0.25) is 0 Å². The van der Waals surface area contributed by atoms with Crippen molar-refractivity contribution in [2.75, 3.05) is 0 Å². The van der Waals surface area contributed by atoms with Crippen molar-refractivity contribution in [3.8, 4) is 34.2 Å². The maximum atomic E-state index is 5.01. The average Bonchev–Trinajstić information content (AvgIpc) is 2.97. The zero-order chi connectivity index (χ0) is 23.9. The maximum absolute atomic E-state index is 5.01.